The molecule has 16 heavy (non-hydrogen) atoms. The predicted octanol–water partition coefficient (Wildman–Crippen LogP) is 1.62. The van der Waals surface area contributed by atoms with Crippen LogP contribution in [0.4, 0.5) is 0 Å². The maximum Gasteiger partial charge on any atom is 0.0662 e. The smallest absolute Gasteiger partial charge is 0.0662 e. The molecule has 0 aromatic rings. The van der Waals surface area contributed by atoms with Crippen LogP contribution in [-0.4, -0.2) is 43.8 Å². The highest BCUT2D eigenvalue weighted by molar-refractivity contribution is 4.93. The van der Waals surface area contributed by atoms with E-state index < -0.39 is 0 Å². The van der Waals surface area contributed by atoms with E-state index in [1.165, 1.54) is 38.6 Å². The summed E-state index contributed by atoms with van der Waals surface area (Å²) in [6.45, 7) is 3.68. The first-order valence-corrected chi connectivity index (χ1v) is 6.76. The van der Waals surface area contributed by atoms with Gasteiger partial charge in [-0.15, -0.1) is 0 Å². The van der Waals surface area contributed by atoms with Crippen LogP contribution in [0.25, 0.3) is 0 Å². The zero-order valence-electron chi connectivity index (χ0n) is 10.6. The fourth-order valence-electron chi connectivity index (χ4n) is 3.23. The maximum absolute atomic E-state index is 5.99. The lowest BCUT2D eigenvalue weighted by Crippen LogP contribution is -2.58. The van der Waals surface area contributed by atoms with Crippen molar-refractivity contribution in [3.63, 3.8) is 0 Å². The van der Waals surface area contributed by atoms with E-state index in [2.05, 4.69) is 11.9 Å². The average molecular weight is 226 g/mol. The van der Waals surface area contributed by atoms with E-state index in [0.29, 0.717) is 0 Å². The van der Waals surface area contributed by atoms with Crippen molar-refractivity contribution in [2.75, 3.05) is 33.4 Å². The summed E-state index contributed by atoms with van der Waals surface area (Å²) in [4.78, 5) is 2.49. The highest BCUT2D eigenvalue weighted by Crippen LogP contribution is 2.30. The zero-order chi connectivity index (χ0) is 11.4. The van der Waals surface area contributed by atoms with Crippen LogP contribution in [-0.2, 0) is 4.74 Å². The van der Waals surface area contributed by atoms with Gasteiger partial charge in [0.1, 0.15) is 0 Å². The lowest BCUT2D eigenvalue weighted by atomic mass is 9.89. The molecule has 1 heterocycles. The molecule has 2 fully saturated rings. The minimum atomic E-state index is 0.126. The Kier molecular flexibility index (Phi) is 4.22. The van der Waals surface area contributed by atoms with Crippen LogP contribution >= 0.6 is 0 Å². The molecule has 2 rings (SSSR count). The highest BCUT2D eigenvalue weighted by atomic mass is 16.5. The summed E-state index contributed by atoms with van der Waals surface area (Å²) in [7, 11) is 2.24. The third-order valence-corrected chi connectivity index (χ3v) is 4.50. The quantitative estimate of drug-likeness (QED) is 0.791. The van der Waals surface area contributed by atoms with Gasteiger partial charge in [-0.05, 0) is 38.6 Å². The molecule has 2 N–H and O–H groups in total. The molecule has 0 aromatic heterocycles. The second-order valence-electron chi connectivity index (χ2n) is 5.62. The zero-order valence-corrected chi connectivity index (χ0v) is 10.6. The number of hydrogen-bond acceptors (Lipinski definition) is 3. The summed E-state index contributed by atoms with van der Waals surface area (Å²) in [5, 5.41) is 0. The molecule has 1 aliphatic heterocycles. The lowest BCUT2D eigenvalue weighted by Gasteiger charge is -2.44. The van der Waals surface area contributed by atoms with Gasteiger partial charge in [0.05, 0.1) is 12.1 Å². The molecule has 1 atom stereocenters. The van der Waals surface area contributed by atoms with Crippen LogP contribution in [0.3, 0.4) is 0 Å². The number of rotatable bonds is 4. The van der Waals surface area contributed by atoms with Crippen molar-refractivity contribution in [1.29, 1.82) is 0 Å². The molecule has 1 saturated heterocycles. The van der Waals surface area contributed by atoms with E-state index in [0.717, 1.165) is 32.1 Å². The molecule has 0 spiro atoms. The second kappa shape index (κ2) is 5.48. The first-order valence-electron chi connectivity index (χ1n) is 6.76. The number of nitrogens with zero attached hydrogens (tertiary/aromatic N) is 1. The first-order chi connectivity index (χ1) is 7.77. The standard InChI is InChI=1S/C13H26N2O/c1-15(9-12-5-2-3-6-12)13(10-14)7-4-8-16-11-13/h12H,2-11,14H2,1H3. The topological polar surface area (TPSA) is 38.5 Å². The van der Waals surface area contributed by atoms with Gasteiger partial charge in [0, 0.05) is 19.7 Å². The number of ether oxygens (including phenoxy) is 1. The van der Waals surface area contributed by atoms with Gasteiger partial charge in [-0.3, -0.25) is 4.90 Å². The number of nitrogens with two attached hydrogens (primary N) is 1. The monoisotopic (exact) mass is 226 g/mol. The van der Waals surface area contributed by atoms with Crippen molar-refractivity contribution < 1.29 is 4.74 Å². The Labute approximate surface area is 99.3 Å². The van der Waals surface area contributed by atoms with E-state index in [1.807, 2.05) is 0 Å². The molecular weight excluding hydrogens is 200 g/mol. The van der Waals surface area contributed by atoms with Crippen molar-refractivity contribution in [3.8, 4) is 0 Å². The lowest BCUT2D eigenvalue weighted by molar-refractivity contribution is -0.0389. The predicted molar refractivity (Wildman–Crippen MR) is 66.4 cm³/mol. The molecule has 2 aliphatic rings. The van der Waals surface area contributed by atoms with E-state index in [9.17, 15) is 0 Å². The van der Waals surface area contributed by atoms with Crippen molar-refractivity contribution >= 4 is 0 Å². The van der Waals surface area contributed by atoms with Gasteiger partial charge in [0.25, 0.3) is 0 Å². The van der Waals surface area contributed by atoms with Crippen molar-refractivity contribution in [3.05, 3.63) is 0 Å². The average Bonchev–Trinajstić information content (AvgIpc) is 2.82. The molecule has 0 aromatic carbocycles. The molecule has 0 amide bonds. The highest BCUT2D eigenvalue weighted by Gasteiger charge is 2.36. The molecule has 1 saturated carbocycles. The molecule has 3 heteroatoms. The van der Waals surface area contributed by atoms with Crippen molar-refractivity contribution in [1.82, 2.24) is 4.90 Å². The Bertz CT molecular complexity index is 208. The van der Waals surface area contributed by atoms with Gasteiger partial charge in [-0.2, -0.15) is 0 Å². The molecule has 94 valence electrons. The van der Waals surface area contributed by atoms with Gasteiger partial charge in [-0.1, -0.05) is 12.8 Å². The van der Waals surface area contributed by atoms with Crippen LogP contribution in [0.1, 0.15) is 38.5 Å². The van der Waals surface area contributed by atoms with E-state index >= 15 is 0 Å². The molecular formula is C13H26N2O. The Hall–Kier alpha value is -0.120. The summed E-state index contributed by atoms with van der Waals surface area (Å²) < 4.78 is 5.64. The second-order valence-corrected chi connectivity index (χ2v) is 5.62. The largest absolute Gasteiger partial charge is 0.379 e. The summed E-state index contributed by atoms with van der Waals surface area (Å²) in [6.07, 6.45) is 8.02. The normalized spacial score (nSPS) is 32.4. The molecule has 0 bridgehead atoms. The maximum atomic E-state index is 5.99. The van der Waals surface area contributed by atoms with Gasteiger partial charge in [-0.25, -0.2) is 0 Å². The van der Waals surface area contributed by atoms with Crippen LogP contribution in [0.2, 0.25) is 0 Å². The van der Waals surface area contributed by atoms with Gasteiger partial charge in [0.15, 0.2) is 0 Å². The number of likely N-dealkylation sites (N-methyl/N-ethyl adjacent to an activating group) is 1. The van der Waals surface area contributed by atoms with Gasteiger partial charge < -0.3 is 10.5 Å². The SMILES string of the molecule is CN(CC1CCCC1)C1(CN)CCCOC1. The Morgan fingerprint density at radius 2 is 2.06 bits per heavy atom. The van der Waals surface area contributed by atoms with Crippen LogP contribution < -0.4 is 5.73 Å². The fourth-order valence-corrected chi connectivity index (χ4v) is 3.23. The van der Waals surface area contributed by atoms with E-state index in [4.69, 9.17) is 10.5 Å². The van der Waals surface area contributed by atoms with Gasteiger partial charge >= 0.3 is 0 Å². The molecule has 3 nitrogen and oxygen atoms in total. The van der Waals surface area contributed by atoms with Crippen LogP contribution in [0.5, 0.6) is 0 Å². The summed E-state index contributed by atoms with van der Waals surface area (Å²) in [5.74, 6) is 0.898. The summed E-state index contributed by atoms with van der Waals surface area (Å²) in [5.41, 5.74) is 6.12. The van der Waals surface area contributed by atoms with Crippen molar-refractivity contribution in [2.45, 2.75) is 44.1 Å². The van der Waals surface area contributed by atoms with Crippen molar-refractivity contribution in [2.24, 2.45) is 11.7 Å². The number of hydrogen-bond donors (Lipinski definition) is 1. The summed E-state index contributed by atoms with van der Waals surface area (Å²) in [6, 6.07) is 0. The van der Waals surface area contributed by atoms with Gasteiger partial charge in [0.2, 0.25) is 0 Å². The Balaban J connectivity index is 1.91. The third kappa shape index (κ3) is 2.58. The minimum absolute atomic E-state index is 0.126. The first kappa shape index (κ1) is 12.3. The molecule has 0 radical (unpaired) electrons. The fraction of sp³-hybridized carbons (Fsp3) is 1.00. The minimum Gasteiger partial charge on any atom is -0.379 e. The summed E-state index contributed by atoms with van der Waals surface area (Å²) >= 11 is 0. The molecule has 1 unspecified atom stereocenters. The third-order valence-electron chi connectivity index (χ3n) is 4.50. The van der Waals surface area contributed by atoms with Crippen LogP contribution in [0, 0.1) is 5.92 Å². The van der Waals surface area contributed by atoms with Crippen LogP contribution in [0.15, 0.2) is 0 Å². The molecule has 1 aliphatic carbocycles. The van der Waals surface area contributed by atoms with E-state index in [1.54, 1.807) is 0 Å². The Morgan fingerprint density at radius 3 is 2.62 bits per heavy atom. The Morgan fingerprint density at radius 1 is 1.31 bits per heavy atom. The van der Waals surface area contributed by atoms with E-state index in [-0.39, 0.29) is 5.54 Å².